The van der Waals surface area contributed by atoms with Crippen molar-refractivity contribution in [1.82, 2.24) is 14.9 Å². The lowest BCUT2D eigenvalue weighted by atomic mass is 10.0. The molecule has 1 aliphatic rings. The van der Waals surface area contributed by atoms with Crippen LogP contribution < -0.4 is 15.0 Å². The predicted octanol–water partition coefficient (Wildman–Crippen LogP) is 4.74. The van der Waals surface area contributed by atoms with Crippen molar-refractivity contribution < 1.29 is 4.74 Å². The number of hydrogen-bond acceptors (Lipinski definition) is 3. The van der Waals surface area contributed by atoms with E-state index in [0.29, 0.717) is 15.9 Å². The maximum absolute atomic E-state index is 6.41. The molecular formula is C21H21ClN4OS. The topological polar surface area (TPSA) is 42.3 Å². The summed E-state index contributed by atoms with van der Waals surface area (Å²) in [6, 6.07) is 15.7. The molecule has 7 heteroatoms. The molecule has 2 atom stereocenters. The van der Waals surface area contributed by atoms with Gasteiger partial charge in [-0.1, -0.05) is 17.7 Å². The van der Waals surface area contributed by atoms with E-state index in [1.165, 1.54) is 0 Å². The van der Waals surface area contributed by atoms with Crippen LogP contribution in [0.2, 0.25) is 5.02 Å². The first-order valence-corrected chi connectivity index (χ1v) is 9.92. The first-order valence-electron chi connectivity index (χ1n) is 9.13. The van der Waals surface area contributed by atoms with Gasteiger partial charge < -0.3 is 19.5 Å². The normalized spacial score (nSPS) is 19.0. The number of thiocarbonyl (C=S) groups is 1. The van der Waals surface area contributed by atoms with Gasteiger partial charge in [0, 0.05) is 30.3 Å². The number of hydrogen-bond donors (Lipinski definition) is 1. The largest absolute Gasteiger partial charge is 0.495 e. The average molecular weight is 413 g/mol. The maximum Gasteiger partial charge on any atom is 0.174 e. The van der Waals surface area contributed by atoms with Crippen LogP contribution >= 0.6 is 23.8 Å². The van der Waals surface area contributed by atoms with E-state index >= 15 is 0 Å². The van der Waals surface area contributed by atoms with Gasteiger partial charge in [-0.15, -0.1) is 0 Å². The van der Waals surface area contributed by atoms with Crippen molar-refractivity contribution in [3.63, 3.8) is 0 Å². The third-order valence-electron chi connectivity index (χ3n) is 5.02. The van der Waals surface area contributed by atoms with E-state index in [1.54, 1.807) is 7.11 Å². The van der Waals surface area contributed by atoms with Crippen LogP contribution in [0.5, 0.6) is 5.75 Å². The minimum atomic E-state index is -0.0743. The summed E-state index contributed by atoms with van der Waals surface area (Å²) < 4.78 is 7.53. The second kappa shape index (κ2) is 7.81. The second-order valence-corrected chi connectivity index (χ2v) is 7.33. The summed E-state index contributed by atoms with van der Waals surface area (Å²) in [6.45, 7) is 3.01. The Morgan fingerprint density at radius 1 is 1.21 bits per heavy atom. The zero-order valence-electron chi connectivity index (χ0n) is 15.7. The summed E-state index contributed by atoms with van der Waals surface area (Å²) in [7, 11) is 1.61. The number of aryl methyl sites for hydroxylation is 1. The van der Waals surface area contributed by atoms with Gasteiger partial charge in [-0.25, -0.2) is 0 Å². The van der Waals surface area contributed by atoms with Crippen molar-refractivity contribution in [1.29, 1.82) is 0 Å². The molecule has 1 N–H and O–H groups in total. The molecule has 1 saturated heterocycles. The molecule has 2 aromatic heterocycles. The van der Waals surface area contributed by atoms with Gasteiger partial charge in [-0.2, -0.15) is 0 Å². The van der Waals surface area contributed by atoms with E-state index in [1.807, 2.05) is 42.6 Å². The SMILES string of the molecule is CCn1cccc1[C@@H]1[C@@H](c2ccccn2)NC(=S)N1c1ccc(OC)c(Cl)c1. The van der Waals surface area contributed by atoms with Crippen LogP contribution in [0.1, 0.15) is 30.4 Å². The Morgan fingerprint density at radius 3 is 2.75 bits per heavy atom. The number of pyridine rings is 1. The Balaban J connectivity index is 1.84. The number of nitrogens with zero attached hydrogens (tertiary/aromatic N) is 3. The molecule has 4 rings (SSSR count). The zero-order valence-corrected chi connectivity index (χ0v) is 17.2. The highest BCUT2D eigenvalue weighted by Gasteiger charge is 2.42. The maximum atomic E-state index is 6.41. The fourth-order valence-electron chi connectivity index (χ4n) is 3.72. The molecule has 1 aliphatic heterocycles. The van der Waals surface area contributed by atoms with Crippen LogP contribution in [-0.2, 0) is 6.54 Å². The molecule has 0 spiro atoms. The molecule has 0 bridgehead atoms. The summed E-state index contributed by atoms with van der Waals surface area (Å²) in [4.78, 5) is 6.69. The lowest BCUT2D eigenvalue weighted by Crippen LogP contribution is -2.30. The molecule has 0 amide bonds. The van der Waals surface area contributed by atoms with E-state index in [9.17, 15) is 0 Å². The zero-order chi connectivity index (χ0) is 19.7. The number of methoxy groups -OCH3 is 1. The average Bonchev–Trinajstić information content (AvgIpc) is 3.32. The van der Waals surface area contributed by atoms with Gasteiger partial charge >= 0.3 is 0 Å². The van der Waals surface area contributed by atoms with Crippen LogP contribution in [0, 0.1) is 0 Å². The minimum absolute atomic E-state index is 0.0539. The molecule has 5 nitrogen and oxygen atoms in total. The molecule has 1 aromatic carbocycles. The molecule has 1 fully saturated rings. The summed E-state index contributed by atoms with van der Waals surface area (Å²) >= 11 is 12.1. The fourth-order valence-corrected chi connectivity index (χ4v) is 4.32. The summed E-state index contributed by atoms with van der Waals surface area (Å²) in [5.74, 6) is 0.637. The predicted molar refractivity (Wildman–Crippen MR) is 116 cm³/mol. The number of benzene rings is 1. The molecular weight excluding hydrogens is 392 g/mol. The lowest BCUT2D eigenvalue weighted by molar-refractivity contribution is 0.415. The van der Waals surface area contributed by atoms with Crippen LogP contribution in [0.15, 0.2) is 60.9 Å². The number of aromatic nitrogens is 2. The van der Waals surface area contributed by atoms with Crippen LogP contribution in [-0.4, -0.2) is 21.8 Å². The van der Waals surface area contributed by atoms with E-state index in [4.69, 9.17) is 28.6 Å². The van der Waals surface area contributed by atoms with Gasteiger partial charge in [-0.3, -0.25) is 4.98 Å². The third kappa shape index (κ3) is 3.23. The van der Waals surface area contributed by atoms with Gasteiger partial charge in [-0.05, 0) is 61.6 Å². The monoisotopic (exact) mass is 412 g/mol. The first-order chi connectivity index (χ1) is 13.6. The number of halogens is 1. The van der Waals surface area contributed by atoms with Crippen molar-refractivity contribution in [3.05, 3.63) is 77.3 Å². The van der Waals surface area contributed by atoms with Crippen molar-refractivity contribution in [2.45, 2.75) is 25.6 Å². The van der Waals surface area contributed by atoms with Gasteiger partial charge in [0.05, 0.1) is 23.9 Å². The molecule has 0 saturated carbocycles. The smallest absolute Gasteiger partial charge is 0.174 e. The third-order valence-corrected chi connectivity index (χ3v) is 5.63. The van der Waals surface area contributed by atoms with E-state index in [-0.39, 0.29) is 12.1 Å². The van der Waals surface area contributed by atoms with Gasteiger partial charge in [0.25, 0.3) is 0 Å². The quantitative estimate of drug-likeness (QED) is 0.613. The fraction of sp³-hybridized carbons (Fsp3) is 0.238. The lowest BCUT2D eigenvalue weighted by Gasteiger charge is -2.29. The molecule has 3 aromatic rings. The summed E-state index contributed by atoms with van der Waals surface area (Å²) in [6.07, 6.45) is 3.90. The molecule has 0 unspecified atom stereocenters. The van der Waals surface area contributed by atoms with Crippen molar-refractivity contribution >= 4 is 34.6 Å². The van der Waals surface area contributed by atoms with Crippen molar-refractivity contribution in [3.8, 4) is 5.75 Å². The minimum Gasteiger partial charge on any atom is -0.495 e. The first kappa shape index (κ1) is 18.8. The molecule has 0 radical (unpaired) electrons. The Morgan fingerprint density at radius 2 is 2.07 bits per heavy atom. The Kier molecular flexibility index (Phi) is 5.24. The Bertz CT molecular complexity index is 991. The summed E-state index contributed by atoms with van der Waals surface area (Å²) in [5, 5.41) is 4.66. The van der Waals surface area contributed by atoms with E-state index in [0.717, 1.165) is 23.6 Å². The van der Waals surface area contributed by atoms with E-state index < -0.39 is 0 Å². The molecule has 3 heterocycles. The van der Waals surface area contributed by atoms with Gasteiger partial charge in [0.2, 0.25) is 0 Å². The highest BCUT2D eigenvalue weighted by atomic mass is 35.5. The highest BCUT2D eigenvalue weighted by molar-refractivity contribution is 7.80. The summed E-state index contributed by atoms with van der Waals surface area (Å²) in [5.41, 5.74) is 3.02. The molecule has 28 heavy (non-hydrogen) atoms. The Labute approximate surface area is 174 Å². The van der Waals surface area contributed by atoms with Crippen LogP contribution in [0.3, 0.4) is 0 Å². The number of ether oxygens (including phenoxy) is 1. The number of nitrogens with one attached hydrogen (secondary N) is 1. The van der Waals surface area contributed by atoms with Gasteiger partial charge in [0.15, 0.2) is 5.11 Å². The number of rotatable bonds is 5. The highest BCUT2D eigenvalue weighted by Crippen LogP contribution is 2.43. The number of anilines is 1. The second-order valence-electron chi connectivity index (χ2n) is 6.53. The van der Waals surface area contributed by atoms with Gasteiger partial charge in [0.1, 0.15) is 11.8 Å². The molecule has 0 aliphatic carbocycles. The van der Waals surface area contributed by atoms with E-state index in [2.05, 4.69) is 45.0 Å². The van der Waals surface area contributed by atoms with Crippen molar-refractivity contribution in [2.75, 3.05) is 12.0 Å². The standard InChI is InChI=1S/C21H21ClN4OS/c1-3-25-12-6-8-17(25)20-19(16-7-4-5-11-23-16)24-21(28)26(20)14-9-10-18(27-2)15(22)13-14/h4-13,19-20H,3H2,1-2H3,(H,24,28)/t19-,20-/m1/s1. The molecule has 144 valence electrons. The van der Waals surface area contributed by atoms with Crippen molar-refractivity contribution in [2.24, 2.45) is 0 Å². The Hall–Kier alpha value is -2.57. The van der Waals surface area contributed by atoms with Crippen LogP contribution in [0.4, 0.5) is 5.69 Å². The van der Waals surface area contributed by atoms with Crippen LogP contribution in [0.25, 0.3) is 0 Å².